The topological polar surface area (TPSA) is 66.0 Å². The predicted molar refractivity (Wildman–Crippen MR) is 115 cm³/mol. The molecule has 0 aliphatic heterocycles. The number of hydrogen-bond donors (Lipinski definition) is 2. The number of fused-ring (bicyclic) bond motifs is 1. The van der Waals surface area contributed by atoms with Crippen molar-refractivity contribution in [3.8, 4) is 0 Å². The van der Waals surface area contributed by atoms with Gasteiger partial charge in [-0.15, -0.1) is 0 Å². The molecule has 0 unspecified atom stereocenters. The molecule has 0 spiro atoms. The highest BCUT2D eigenvalue weighted by molar-refractivity contribution is 6.31. The van der Waals surface area contributed by atoms with Crippen LogP contribution in [0.4, 0.5) is 21.7 Å². The van der Waals surface area contributed by atoms with Crippen molar-refractivity contribution in [1.29, 1.82) is 0 Å². The Balaban J connectivity index is 1.49. The Labute approximate surface area is 174 Å². The second kappa shape index (κ2) is 8.47. The summed E-state index contributed by atoms with van der Waals surface area (Å²) in [4.78, 5) is 15.6. The lowest BCUT2D eigenvalue weighted by Gasteiger charge is -2.33. The van der Waals surface area contributed by atoms with Gasteiger partial charge in [0.05, 0.1) is 10.4 Å². The maximum atomic E-state index is 13.4. The summed E-state index contributed by atoms with van der Waals surface area (Å²) in [5.41, 5.74) is 1.25. The molecule has 0 bridgehead atoms. The van der Waals surface area contributed by atoms with Crippen molar-refractivity contribution >= 4 is 40.0 Å². The quantitative estimate of drug-likeness (QED) is 0.622. The number of halogens is 2. The molecule has 29 heavy (non-hydrogen) atoms. The molecule has 6 nitrogen and oxygen atoms in total. The van der Waals surface area contributed by atoms with Crippen molar-refractivity contribution in [2.45, 2.75) is 37.8 Å². The Bertz CT molecular complexity index is 1000. The summed E-state index contributed by atoms with van der Waals surface area (Å²) in [5, 5.41) is 7.55. The van der Waals surface area contributed by atoms with Gasteiger partial charge in [-0.3, -0.25) is 0 Å². The highest BCUT2D eigenvalue weighted by atomic mass is 35.5. The summed E-state index contributed by atoms with van der Waals surface area (Å²) in [6.07, 6.45) is 6.10. The lowest BCUT2D eigenvalue weighted by Crippen LogP contribution is -2.36. The summed E-state index contributed by atoms with van der Waals surface area (Å²) in [6, 6.07) is 9.45. The van der Waals surface area contributed by atoms with Gasteiger partial charge >= 0.3 is 0 Å². The lowest BCUT2D eigenvalue weighted by atomic mass is 9.90. The predicted octanol–water partition coefficient (Wildman–Crippen LogP) is 4.85. The third-order valence-electron chi connectivity index (χ3n) is 5.46. The normalized spacial score (nSPS) is 19.5. The Morgan fingerprint density at radius 1 is 1.07 bits per heavy atom. The lowest BCUT2D eigenvalue weighted by molar-refractivity contribution is 0.221. The Morgan fingerprint density at radius 3 is 2.59 bits per heavy atom. The van der Waals surface area contributed by atoms with E-state index in [0.717, 1.165) is 24.0 Å². The van der Waals surface area contributed by atoms with Crippen LogP contribution < -0.4 is 10.6 Å². The first-order chi connectivity index (χ1) is 14.0. The van der Waals surface area contributed by atoms with Crippen LogP contribution in [0.3, 0.4) is 0 Å². The number of nitrogens with one attached hydrogen (secondary N) is 2. The minimum atomic E-state index is -0.457. The van der Waals surface area contributed by atoms with Crippen LogP contribution in [0.2, 0.25) is 5.02 Å². The number of pyridine rings is 1. The molecule has 2 N–H and O–H groups in total. The fraction of sp³-hybridized carbons (Fsp3) is 0.381. The summed E-state index contributed by atoms with van der Waals surface area (Å²) in [7, 11) is 4.29. The molecule has 0 radical (unpaired) electrons. The van der Waals surface area contributed by atoms with Gasteiger partial charge in [-0.25, -0.2) is 19.3 Å². The van der Waals surface area contributed by atoms with E-state index in [4.69, 9.17) is 11.6 Å². The van der Waals surface area contributed by atoms with Crippen LogP contribution in [-0.4, -0.2) is 46.0 Å². The summed E-state index contributed by atoms with van der Waals surface area (Å²) in [5.74, 6) is 0.963. The van der Waals surface area contributed by atoms with Crippen molar-refractivity contribution in [3.05, 3.63) is 47.5 Å². The average Bonchev–Trinajstić information content (AvgIpc) is 2.71. The number of anilines is 3. The van der Waals surface area contributed by atoms with E-state index in [-0.39, 0.29) is 5.02 Å². The SMILES string of the molecule is CN(C)C1CCC(Nc2ccc3c(Nc4ccc(F)c(Cl)c4)ncnc3n2)CC1. The monoisotopic (exact) mass is 414 g/mol. The molecule has 152 valence electrons. The van der Waals surface area contributed by atoms with Crippen LogP contribution in [0.1, 0.15) is 25.7 Å². The number of aromatic nitrogens is 3. The Hall–Kier alpha value is -2.51. The van der Waals surface area contributed by atoms with E-state index in [1.54, 1.807) is 6.07 Å². The molecule has 4 rings (SSSR count). The standard InChI is InChI=1S/C21H24ClFN6/c1-29(2)15-6-3-13(4-7-15)26-19-10-8-16-20(24-12-25-21(16)28-19)27-14-5-9-18(23)17(22)11-14/h5,8-13,15H,3-4,6-7H2,1-2H3,(H2,24,25,26,27,28). The molecule has 1 aliphatic rings. The maximum absolute atomic E-state index is 13.4. The molecule has 0 atom stereocenters. The summed E-state index contributed by atoms with van der Waals surface area (Å²) in [6.45, 7) is 0. The van der Waals surface area contributed by atoms with E-state index in [1.807, 2.05) is 12.1 Å². The van der Waals surface area contributed by atoms with Gasteiger partial charge in [-0.2, -0.15) is 0 Å². The van der Waals surface area contributed by atoms with E-state index in [2.05, 4.69) is 44.6 Å². The molecule has 2 aromatic heterocycles. The summed E-state index contributed by atoms with van der Waals surface area (Å²) >= 11 is 5.87. The van der Waals surface area contributed by atoms with Gasteiger partial charge in [0.25, 0.3) is 0 Å². The fourth-order valence-corrected chi connectivity index (χ4v) is 3.96. The molecule has 3 aromatic rings. The second-order valence-electron chi connectivity index (χ2n) is 7.66. The largest absolute Gasteiger partial charge is 0.367 e. The first-order valence-corrected chi connectivity index (χ1v) is 10.1. The molecule has 2 heterocycles. The molecule has 1 aliphatic carbocycles. The first kappa shape index (κ1) is 19.8. The molecular weight excluding hydrogens is 391 g/mol. The van der Waals surface area contributed by atoms with Crippen molar-refractivity contribution in [3.63, 3.8) is 0 Å². The van der Waals surface area contributed by atoms with Gasteiger partial charge in [-0.05, 0) is 70.1 Å². The smallest absolute Gasteiger partial charge is 0.166 e. The van der Waals surface area contributed by atoms with E-state index in [1.165, 1.54) is 31.3 Å². The molecule has 1 saturated carbocycles. The van der Waals surface area contributed by atoms with Crippen LogP contribution >= 0.6 is 11.6 Å². The number of rotatable bonds is 5. The zero-order valence-corrected chi connectivity index (χ0v) is 17.2. The van der Waals surface area contributed by atoms with Gasteiger partial charge in [0, 0.05) is 17.8 Å². The third kappa shape index (κ3) is 4.57. The van der Waals surface area contributed by atoms with Crippen LogP contribution in [-0.2, 0) is 0 Å². The number of benzene rings is 1. The first-order valence-electron chi connectivity index (χ1n) is 9.76. The highest BCUT2D eigenvalue weighted by Gasteiger charge is 2.22. The van der Waals surface area contributed by atoms with Gasteiger partial charge in [0.2, 0.25) is 0 Å². The summed E-state index contributed by atoms with van der Waals surface area (Å²) < 4.78 is 13.4. The molecule has 0 amide bonds. The van der Waals surface area contributed by atoms with Crippen molar-refractivity contribution in [2.75, 3.05) is 24.7 Å². The van der Waals surface area contributed by atoms with Crippen molar-refractivity contribution in [1.82, 2.24) is 19.9 Å². The Kier molecular flexibility index (Phi) is 5.78. The minimum absolute atomic E-state index is 0.0574. The van der Waals surface area contributed by atoms with Gasteiger partial charge in [0.1, 0.15) is 23.8 Å². The van der Waals surface area contributed by atoms with Crippen LogP contribution in [0.15, 0.2) is 36.7 Å². The average molecular weight is 415 g/mol. The van der Waals surface area contributed by atoms with Crippen LogP contribution in [0.25, 0.3) is 11.0 Å². The number of nitrogens with zero attached hydrogens (tertiary/aromatic N) is 4. The zero-order valence-electron chi connectivity index (χ0n) is 16.5. The minimum Gasteiger partial charge on any atom is -0.367 e. The van der Waals surface area contributed by atoms with Gasteiger partial charge in [-0.1, -0.05) is 11.6 Å². The van der Waals surface area contributed by atoms with E-state index < -0.39 is 5.82 Å². The van der Waals surface area contributed by atoms with Crippen molar-refractivity contribution in [2.24, 2.45) is 0 Å². The molecule has 8 heteroatoms. The van der Waals surface area contributed by atoms with E-state index in [0.29, 0.717) is 29.2 Å². The Morgan fingerprint density at radius 2 is 1.86 bits per heavy atom. The van der Waals surface area contributed by atoms with Gasteiger partial charge in [0.15, 0.2) is 5.65 Å². The van der Waals surface area contributed by atoms with E-state index >= 15 is 0 Å². The van der Waals surface area contributed by atoms with Crippen LogP contribution in [0, 0.1) is 5.82 Å². The van der Waals surface area contributed by atoms with E-state index in [9.17, 15) is 4.39 Å². The maximum Gasteiger partial charge on any atom is 0.166 e. The zero-order chi connectivity index (χ0) is 20.4. The second-order valence-corrected chi connectivity index (χ2v) is 8.06. The molecule has 0 saturated heterocycles. The number of hydrogen-bond acceptors (Lipinski definition) is 6. The fourth-order valence-electron chi connectivity index (χ4n) is 3.78. The highest BCUT2D eigenvalue weighted by Crippen LogP contribution is 2.27. The molecule has 1 fully saturated rings. The molecular formula is C21H24ClFN6. The molecule has 1 aromatic carbocycles. The van der Waals surface area contributed by atoms with Gasteiger partial charge < -0.3 is 15.5 Å². The van der Waals surface area contributed by atoms with Crippen LogP contribution in [0.5, 0.6) is 0 Å². The third-order valence-corrected chi connectivity index (χ3v) is 5.75. The van der Waals surface area contributed by atoms with Crippen molar-refractivity contribution < 1.29 is 4.39 Å².